The molecule has 4 rings (SSSR count). The van der Waals surface area contributed by atoms with Gasteiger partial charge in [-0.15, -0.1) is 11.3 Å². The minimum atomic E-state index is -0.0763. The molecular weight excluding hydrogens is 352 g/mol. The van der Waals surface area contributed by atoms with Crippen molar-refractivity contribution in [3.05, 3.63) is 64.0 Å². The quantitative estimate of drug-likeness (QED) is 0.663. The molecule has 0 unspecified atom stereocenters. The van der Waals surface area contributed by atoms with Gasteiger partial charge in [0.15, 0.2) is 11.5 Å². The Labute approximate surface area is 155 Å². The van der Waals surface area contributed by atoms with Gasteiger partial charge in [-0.05, 0) is 37.3 Å². The van der Waals surface area contributed by atoms with E-state index in [1.54, 1.807) is 39.9 Å². The van der Waals surface area contributed by atoms with Gasteiger partial charge in [0.2, 0.25) is 6.79 Å². The number of carbonyl (C=O) groups excluding carboxylic acids is 1. The van der Waals surface area contributed by atoms with Gasteiger partial charge in [0.1, 0.15) is 11.5 Å². The van der Waals surface area contributed by atoms with Crippen molar-refractivity contribution >= 4 is 17.2 Å². The molecule has 3 aromatic rings. The normalized spacial score (nSPS) is 12.3. The van der Waals surface area contributed by atoms with E-state index in [0.717, 1.165) is 17.2 Å². The molecule has 6 nitrogen and oxygen atoms in total. The van der Waals surface area contributed by atoms with Gasteiger partial charge >= 0.3 is 0 Å². The number of rotatable bonds is 6. The predicted molar refractivity (Wildman–Crippen MR) is 96.6 cm³/mol. The van der Waals surface area contributed by atoms with Crippen molar-refractivity contribution in [1.82, 2.24) is 9.88 Å². The third-order valence-corrected chi connectivity index (χ3v) is 4.81. The number of benzene rings is 1. The molecule has 26 heavy (non-hydrogen) atoms. The number of fused-ring (bicyclic) bond motifs is 1. The van der Waals surface area contributed by atoms with Crippen LogP contribution in [-0.4, -0.2) is 29.1 Å². The lowest BCUT2D eigenvalue weighted by Gasteiger charge is -2.21. The molecule has 0 saturated heterocycles. The monoisotopic (exact) mass is 370 g/mol. The van der Waals surface area contributed by atoms with Crippen LogP contribution in [0.15, 0.2) is 45.6 Å². The van der Waals surface area contributed by atoms with E-state index < -0.39 is 0 Å². The molecule has 0 bridgehead atoms. The maximum Gasteiger partial charge on any atom is 0.254 e. The molecule has 0 spiro atoms. The first-order valence-electron chi connectivity index (χ1n) is 8.30. The molecule has 1 aliphatic rings. The van der Waals surface area contributed by atoms with Gasteiger partial charge in [-0.2, -0.15) is 0 Å². The van der Waals surface area contributed by atoms with E-state index >= 15 is 0 Å². The Bertz CT molecular complexity index is 904. The Kier molecular flexibility index (Phi) is 4.62. The summed E-state index contributed by atoms with van der Waals surface area (Å²) >= 11 is 1.55. The lowest BCUT2D eigenvalue weighted by atomic mass is 10.1. The van der Waals surface area contributed by atoms with E-state index in [1.165, 1.54) is 0 Å². The fraction of sp³-hybridized carbons (Fsp3) is 0.263. The number of thiazole rings is 1. The van der Waals surface area contributed by atoms with Crippen molar-refractivity contribution in [1.29, 1.82) is 0 Å². The molecule has 3 heterocycles. The molecule has 7 heteroatoms. The molecule has 0 aliphatic carbocycles. The topological polar surface area (TPSA) is 64.8 Å². The van der Waals surface area contributed by atoms with Crippen LogP contribution < -0.4 is 9.47 Å². The molecule has 0 radical (unpaired) electrons. The second-order valence-electron chi connectivity index (χ2n) is 6.04. The van der Waals surface area contributed by atoms with Crippen LogP contribution in [0.3, 0.4) is 0 Å². The summed E-state index contributed by atoms with van der Waals surface area (Å²) in [4.78, 5) is 19.2. The fourth-order valence-electron chi connectivity index (χ4n) is 2.83. The zero-order chi connectivity index (χ0) is 17.9. The van der Waals surface area contributed by atoms with Crippen molar-refractivity contribution in [3.8, 4) is 11.5 Å². The number of hydrogen-bond acceptors (Lipinski definition) is 6. The van der Waals surface area contributed by atoms with Crippen LogP contribution in [0.5, 0.6) is 11.5 Å². The van der Waals surface area contributed by atoms with Crippen molar-refractivity contribution in [2.45, 2.75) is 19.9 Å². The molecule has 0 fully saturated rings. The molecule has 2 aromatic heterocycles. The summed E-state index contributed by atoms with van der Waals surface area (Å²) in [5, 5.41) is 2.00. The number of nitrogens with zero attached hydrogens (tertiary/aromatic N) is 2. The number of furan rings is 1. The molecule has 134 valence electrons. The first-order valence-corrected chi connectivity index (χ1v) is 9.24. The number of amides is 1. The first-order chi connectivity index (χ1) is 12.7. The Balaban J connectivity index is 1.54. The molecule has 1 amide bonds. The average molecular weight is 370 g/mol. The summed E-state index contributed by atoms with van der Waals surface area (Å²) in [6.07, 6.45) is 0.694. The fourth-order valence-corrected chi connectivity index (χ4v) is 3.43. The Morgan fingerprint density at radius 3 is 2.88 bits per heavy atom. The highest BCUT2D eigenvalue weighted by Gasteiger charge is 2.21. The SMILES string of the molecule is Cc1ccc(CN(CCc2cscn2)C(=O)c2ccc3c(c2)OCO3)o1. The Morgan fingerprint density at radius 2 is 2.12 bits per heavy atom. The first kappa shape index (κ1) is 16.7. The third kappa shape index (κ3) is 3.57. The van der Waals surface area contributed by atoms with Gasteiger partial charge < -0.3 is 18.8 Å². The highest BCUT2D eigenvalue weighted by Crippen LogP contribution is 2.33. The average Bonchev–Trinajstić information content (AvgIpc) is 3.39. The van der Waals surface area contributed by atoms with Crippen molar-refractivity contribution < 1.29 is 18.7 Å². The van der Waals surface area contributed by atoms with Gasteiger partial charge in [-0.1, -0.05) is 0 Å². The highest BCUT2D eigenvalue weighted by atomic mass is 32.1. The third-order valence-electron chi connectivity index (χ3n) is 4.17. The molecule has 0 N–H and O–H groups in total. The van der Waals surface area contributed by atoms with Crippen LogP contribution in [0.1, 0.15) is 27.6 Å². The van der Waals surface area contributed by atoms with Crippen LogP contribution in [0.2, 0.25) is 0 Å². The number of carbonyl (C=O) groups is 1. The van der Waals surface area contributed by atoms with Gasteiger partial charge in [0, 0.05) is 23.9 Å². The van der Waals surface area contributed by atoms with Gasteiger partial charge in [0.25, 0.3) is 5.91 Å². The zero-order valence-corrected chi connectivity index (χ0v) is 15.1. The van der Waals surface area contributed by atoms with E-state index in [-0.39, 0.29) is 12.7 Å². The lowest BCUT2D eigenvalue weighted by Crippen LogP contribution is -2.32. The molecule has 0 saturated carbocycles. The van der Waals surface area contributed by atoms with Crippen LogP contribution in [0.25, 0.3) is 0 Å². The number of aryl methyl sites for hydroxylation is 1. The summed E-state index contributed by atoms with van der Waals surface area (Å²) < 4.78 is 16.4. The summed E-state index contributed by atoms with van der Waals surface area (Å²) in [5.41, 5.74) is 3.35. The standard InChI is InChI=1S/C19H18N2O4S/c1-13-2-4-16(25-13)9-21(7-6-15-10-26-11-20-15)19(22)14-3-5-17-18(8-14)24-12-23-17/h2-5,8,10-11H,6-7,9,12H2,1H3. The smallest absolute Gasteiger partial charge is 0.254 e. The number of aromatic nitrogens is 1. The molecule has 1 aliphatic heterocycles. The van der Waals surface area contributed by atoms with Crippen molar-refractivity contribution in [3.63, 3.8) is 0 Å². The maximum absolute atomic E-state index is 13.1. The molecular formula is C19H18N2O4S. The largest absolute Gasteiger partial charge is 0.464 e. The van der Waals surface area contributed by atoms with Crippen molar-refractivity contribution in [2.75, 3.05) is 13.3 Å². The van der Waals surface area contributed by atoms with E-state index in [9.17, 15) is 4.79 Å². The summed E-state index contributed by atoms with van der Waals surface area (Å²) in [7, 11) is 0. The van der Waals surface area contributed by atoms with Gasteiger partial charge in [-0.25, -0.2) is 4.98 Å². The lowest BCUT2D eigenvalue weighted by molar-refractivity contribution is 0.0732. The predicted octanol–water partition coefficient (Wildman–Crippen LogP) is 3.66. The molecule has 1 aromatic carbocycles. The minimum absolute atomic E-state index is 0.0763. The van der Waals surface area contributed by atoms with Gasteiger partial charge in [-0.3, -0.25) is 4.79 Å². The zero-order valence-electron chi connectivity index (χ0n) is 14.3. The number of ether oxygens (including phenoxy) is 2. The van der Waals surface area contributed by atoms with E-state index in [0.29, 0.717) is 36.6 Å². The van der Waals surface area contributed by atoms with Gasteiger partial charge in [0.05, 0.1) is 17.7 Å². The highest BCUT2D eigenvalue weighted by molar-refractivity contribution is 7.07. The number of hydrogen-bond donors (Lipinski definition) is 0. The van der Waals surface area contributed by atoms with Crippen LogP contribution in [0, 0.1) is 6.92 Å². The summed E-state index contributed by atoms with van der Waals surface area (Å²) in [5.74, 6) is 2.78. The summed E-state index contributed by atoms with van der Waals surface area (Å²) in [6, 6.07) is 9.06. The molecule has 0 atom stereocenters. The minimum Gasteiger partial charge on any atom is -0.464 e. The van der Waals surface area contributed by atoms with Crippen LogP contribution >= 0.6 is 11.3 Å². The van der Waals surface area contributed by atoms with E-state index in [2.05, 4.69) is 4.98 Å². The second kappa shape index (κ2) is 7.21. The Morgan fingerprint density at radius 1 is 1.23 bits per heavy atom. The van der Waals surface area contributed by atoms with Crippen LogP contribution in [-0.2, 0) is 13.0 Å². The Hall–Kier alpha value is -2.80. The second-order valence-corrected chi connectivity index (χ2v) is 6.76. The summed E-state index contributed by atoms with van der Waals surface area (Å²) in [6.45, 7) is 3.04. The van der Waals surface area contributed by atoms with E-state index in [4.69, 9.17) is 13.9 Å². The maximum atomic E-state index is 13.1. The van der Waals surface area contributed by atoms with Crippen molar-refractivity contribution in [2.24, 2.45) is 0 Å². The van der Waals surface area contributed by atoms with E-state index in [1.807, 2.05) is 24.4 Å². The van der Waals surface area contributed by atoms with Crippen LogP contribution in [0.4, 0.5) is 0 Å².